The first-order valence-corrected chi connectivity index (χ1v) is 5.45. The first-order chi connectivity index (χ1) is 8.99. The molecule has 2 rings (SSSR count). The lowest BCUT2D eigenvalue weighted by molar-refractivity contribution is 0.0694. The summed E-state index contributed by atoms with van der Waals surface area (Å²) in [5, 5.41) is 9.04. The third kappa shape index (κ3) is 2.70. The summed E-state index contributed by atoms with van der Waals surface area (Å²) in [7, 11) is 0. The molecule has 0 atom stereocenters. The molecular formula is C14H10F2O3. The molecule has 98 valence electrons. The monoisotopic (exact) mass is 264 g/mol. The van der Waals surface area contributed by atoms with Crippen LogP contribution in [-0.4, -0.2) is 11.1 Å². The van der Waals surface area contributed by atoms with Gasteiger partial charge in [-0.1, -0.05) is 17.7 Å². The zero-order valence-electron chi connectivity index (χ0n) is 9.98. The number of hydrogen-bond acceptors (Lipinski definition) is 2. The van der Waals surface area contributed by atoms with Crippen LogP contribution in [0.5, 0.6) is 11.5 Å². The highest BCUT2D eigenvalue weighted by Gasteiger charge is 2.15. The molecule has 0 aliphatic rings. The van der Waals surface area contributed by atoms with Gasteiger partial charge in [-0.15, -0.1) is 0 Å². The van der Waals surface area contributed by atoms with Crippen molar-refractivity contribution < 1.29 is 23.4 Å². The van der Waals surface area contributed by atoms with Crippen molar-refractivity contribution in [1.82, 2.24) is 0 Å². The normalized spacial score (nSPS) is 10.3. The largest absolute Gasteiger partial charge is 0.478 e. The summed E-state index contributed by atoms with van der Waals surface area (Å²) >= 11 is 0. The second kappa shape index (κ2) is 5.06. The van der Waals surface area contributed by atoms with Gasteiger partial charge in [0.15, 0.2) is 11.6 Å². The SMILES string of the molecule is Cc1ccc(Oc2cccc(F)c2F)c(C(=O)O)c1. The van der Waals surface area contributed by atoms with Gasteiger partial charge in [-0.25, -0.2) is 9.18 Å². The summed E-state index contributed by atoms with van der Waals surface area (Å²) in [6, 6.07) is 7.89. The molecule has 0 saturated heterocycles. The molecule has 3 nitrogen and oxygen atoms in total. The average Bonchev–Trinajstić information content (AvgIpc) is 2.36. The number of ether oxygens (including phenoxy) is 1. The molecule has 0 fully saturated rings. The summed E-state index contributed by atoms with van der Waals surface area (Å²) in [5.74, 6) is -3.80. The Morgan fingerprint density at radius 1 is 1.16 bits per heavy atom. The number of carboxylic acid groups (broad SMARTS) is 1. The number of hydrogen-bond donors (Lipinski definition) is 1. The predicted octanol–water partition coefficient (Wildman–Crippen LogP) is 3.76. The van der Waals surface area contributed by atoms with Gasteiger partial charge < -0.3 is 9.84 Å². The maximum absolute atomic E-state index is 13.5. The summed E-state index contributed by atoms with van der Waals surface area (Å²) in [5.41, 5.74) is 0.619. The molecule has 0 radical (unpaired) electrons. The third-order valence-corrected chi connectivity index (χ3v) is 2.50. The molecule has 1 N–H and O–H groups in total. The van der Waals surface area contributed by atoms with Crippen molar-refractivity contribution in [3.8, 4) is 11.5 Å². The van der Waals surface area contributed by atoms with E-state index in [2.05, 4.69) is 0 Å². The Morgan fingerprint density at radius 2 is 1.89 bits per heavy atom. The molecule has 0 saturated carbocycles. The number of halogens is 2. The van der Waals surface area contributed by atoms with Gasteiger partial charge >= 0.3 is 5.97 Å². The molecule has 2 aromatic rings. The number of aromatic carboxylic acids is 1. The fourth-order valence-corrected chi connectivity index (χ4v) is 1.58. The topological polar surface area (TPSA) is 46.5 Å². The predicted molar refractivity (Wildman–Crippen MR) is 64.6 cm³/mol. The Hall–Kier alpha value is -2.43. The standard InChI is InChI=1S/C14H10F2O3/c1-8-5-6-11(9(7-8)14(17)18)19-12-4-2-3-10(15)13(12)16/h2-7H,1H3,(H,17,18). The number of carboxylic acids is 1. The zero-order chi connectivity index (χ0) is 14.0. The minimum Gasteiger partial charge on any atom is -0.478 e. The molecule has 0 spiro atoms. The second-order valence-electron chi connectivity index (χ2n) is 3.96. The van der Waals surface area contributed by atoms with Crippen LogP contribution in [0.1, 0.15) is 15.9 Å². The van der Waals surface area contributed by atoms with Gasteiger partial charge in [-0.3, -0.25) is 0 Å². The number of aryl methyl sites for hydroxylation is 1. The Morgan fingerprint density at radius 3 is 2.58 bits per heavy atom. The van der Waals surface area contributed by atoms with E-state index in [-0.39, 0.29) is 17.1 Å². The Kier molecular flexibility index (Phi) is 3.46. The van der Waals surface area contributed by atoms with Crippen LogP contribution in [0.2, 0.25) is 0 Å². The third-order valence-electron chi connectivity index (χ3n) is 2.50. The van der Waals surface area contributed by atoms with Crippen molar-refractivity contribution in [2.45, 2.75) is 6.92 Å². The molecule has 0 heterocycles. The fraction of sp³-hybridized carbons (Fsp3) is 0.0714. The zero-order valence-corrected chi connectivity index (χ0v) is 9.98. The van der Waals surface area contributed by atoms with Gasteiger partial charge in [0, 0.05) is 0 Å². The van der Waals surface area contributed by atoms with Crippen LogP contribution in [-0.2, 0) is 0 Å². The molecule has 0 aliphatic carbocycles. The maximum atomic E-state index is 13.5. The van der Waals surface area contributed by atoms with Gasteiger partial charge in [0.05, 0.1) is 0 Å². The second-order valence-corrected chi connectivity index (χ2v) is 3.96. The van der Waals surface area contributed by atoms with E-state index in [1.807, 2.05) is 0 Å². The van der Waals surface area contributed by atoms with Gasteiger partial charge in [0.2, 0.25) is 5.82 Å². The van der Waals surface area contributed by atoms with E-state index in [1.165, 1.54) is 24.3 Å². The summed E-state index contributed by atoms with van der Waals surface area (Å²) in [6.45, 7) is 1.72. The molecule has 0 aromatic heterocycles. The van der Waals surface area contributed by atoms with Crippen molar-refractivity contribution in [3.05, 3.63) is 59.2 Å². The highest BCUT2D eigenvalue weighted by Crippen LogP contribution is 2.29. The fourth-order valence-electron chi connectivity index (χ4n) is 1.58. The maximum Gasteiger partial charge on any atom is 0.339 e. The first kappa shape index (κ1) is 13.0. The average molecular weight is 264 g/mol. The van der Waals surface area contributed by atoms with E-state index in [0.717, 1.165) is 11.6 Å². The smallest absolute Gasteiger partial charge is 0.339 e. The van der Waals surface area contributed by atoms with Crippen LogP contribution in [0.25, 0.3) is 0 Å². The van der Waals surface area contributed by atoms with Crippen molar-refractivity contribution in [3.63, 3.8) is 0 Å². The van der Waals surface area contributed by atoms with Crippen molar-refractivity contribution in [2.75, 3.05) is 0 Å². The molecule has 5 heteroatoms. The van der Waals surface area contributed by atoms with Crippen LogP contribution >= 0.6 is 0 Å². The molecule has 0 bridgehead atoms. The molecule has 0 unspecified atom stereocenters. The highest BCUT2D eigenvalue weighted by molar-refractivity contribution is 5.91. The van der Waals surface area contributed by atoms with Crippen LogP contribution in [0, 0.1) is 18.6 Å². The van der Waals surface area contributed by atoms with Crippen LogP contribution in [0.4, 0.5) is 8.78 Å². The highest BCUT2D eigenvalue weighted by atomic mass is 19.2. The lowest BCUT2D eigenvalue weighted by atomic mass is 10.1. The van der Waals surface area contributed by atoms with E-state index in [0.29, 0.717) is 0 Å². The van der Waals surface area contributed by atoms with Gasteiger partial charge in [-0.2, -0.15) is 4.39 Å². The Balaban J connectivity index is 2.44. The first-order valence-electron chi connectivity index (χ1n) is 5.45. The van der Waals surface area contributed by atoms with Crippen molar-refractivity contribution in [1.29, 1.82) is 0 Å². The van der Waals surface area contributed by atoms with Gasteiger partial charge in [0.25, 0.3) is 0 Å². The molecule has 0 amide bonds. The molecule has 2 aromatic carbocycles. The number of benzene rings is 2. The molecular weight excluding hydrogens is 254 g/mol. The van der Waals surface area contributed by atoms with Crippen molar-refractivity contribution in [2.24, 2.45) is 0 Å². The van der Waals surface area contributed by atoms with E-state index < -0.39 is 17.6 Å². The van der Waals surface area contributed by atoms with E-state index >= 15 is 0 Å². The van der Waals surface area contributed by atoms with E-state index in [4.69, 9.17) is 9.84 Å². The lowest BCUT2D eigenvalue weighted by Gasteiger charge is -2.10. The quantitative estimate of drug-likeness (QED) is 0.918. The number of carbonyl (C=O) groups is 1. The van der Waals surface area contributed by atoms with Crippen LogP contribution in [0.15, 0.2) is 36.4 Å². The van der Waals surface area contributed by atoms with Crippen molar-refractivity contribution >= 4 is 5.97 Å². The minimum atomic E-state index is -1.20. The summed E-state index contributed by atoms with van der Waals surface area (Å²) in [6.07, 6.45) is 0. The Bertz CT molecular complexity index is 639. The van der Waals surface area contributed by atoms with Gasteiger partial charge in [0.1, 0.15) is 11.3 Å². The van der Waals surface area contributed by atoms with E-state index in [1.54, 1.807) is 13.0 Å². The summed E-state index contributed by atoms with van der Waals surface area (Å²) < 4.78 is 31.6. The van der Waals surface area contributed by atoms with E-state index in [9.17, 15) is 13.6 Å². The van der Waals surface area contributed by atoms with Gasteiger partial charge in [-0.05, 0) is 31.2 Å². The number of rotatable bonds is 3. The Labute approximate surface area is 108 Å². The van der Waals surface area contributed by atoms with Crippen LogP contribution in [0.3, 0.4) is 0 Å². The molecule has 0 aliphatic heterocycles. The molecule has 19 heavy (non-hydrogen) atoms. The minimum absolute atomic E-state index is 0.0393. The lowest BCUT2D eigenvalue weighted by Crippen LogP contribution is -2.01. The summed E-state index contributed by atoms with van der Waals surface area (Å²) in [4.78, 5) is 11.1. The van der Waals surface area contributed by atoms with Crippen LogP contribution < -0.4 is 4.74 Å².